The third-order valence-corrected chi connectivity index (χ3v) is 4.35. The summed E-state index contributed by atoms with van der Waals surface area (Å²) in [5.74, 6) is -0.485. The molecule has 6 heteroatoms. The van der Waals surface area contributed by atoms with Crippen molar-refractivity contribution in [3.05, 3.63) is 77.9 Å². The Morgan fingerprint density at radius 3 is 2.09 bits per heavy atom. The van der Waals surface area contributed by atoms with Crippen LogP contribution in [0.15, 0.2) is 71.6 Å². The van der Waals surface area contributed by atoms with Crippen molar-refractivity contribution in [1.29, 1.82) is 0 Å². The second-order valence-corrected chi connectivity index (χ2v) is 6.13. The van der Waals surface area contributed by atoms with Crippen LogP contribution in [0.2, 0.25) is 0 Å². The minimum atomic E-state index is -4.78. The summed E-state index contributed by atoms with van der Waals surface area (Å²) in [5.41, 5.74) is 0.239. The van der Waals surface area contributed by atoms with Gasteiger partial charge in [-0.05, 0) is 16.8 Å². The van der Waals surface area contributed by atoms with E-state index in [1.165, 1.54) is 12.1 Å². The van der Waals surface area contributed by atoms with Crippen molar-refractivity contribution in [3.8, 4) is 0 Å². The van der Waals surface area contributed by atoms with E-state index in [0.717, 1.165) is 0 Å². The van der Waals surface area contributed by atoms with Crippen LogP contribution in [0.4, 0.5) is 0 Å². The maximum absolute atomic E-state index is 12.6. The predicted molar refractivity (Wildman–Crippen MR) is 81.8 cm³/mol. The molecule has 0 aliphatic carbocycles. The second kappa shape index (κ2) is 6.95. The summed E-state index contributed by atoms with van der Waals surface area (Å²) in [6, 6.07) is 17.9. The summed E-state index contributed by atoms with van der Waals surface area (Å²) >= 11 is 0. The monoisotopic (exact) mass is 334 g/mol. The first-order valence-electron chi connectivity index (χ1n) is 6.56. The van der Waals surface area contributed by atoms with E-state index in [-0.39, 0.29) is 40.5 Å². The molecule has 0 aliphatic heterocycles. The quantitative estimate of drug-likeness (QED) is 0.383. The smallest absolute Gasteiger partial charge is 0.744 e. The van der Waals surface area contributed by atoms with Crippen LogP contribution in [0.25, 0.3) is 10.8 Å². The van der Waals surface area contributed by atoms with E-state index in [9.17, 15) is 17.8 Å². The van der Waals surface area contributed by atoms with Gasteiger partial charge in [-0.1, -0.05) is 60.7 Å². The predicted octanol–water partition coefficient (Wildman–Crippen LogP) is -0.0211. The number of fused-ring (bicyclic) bond motifs is 1. The van der Waals surface area contributed by atoms with Gasteiger partial charge in [-0.3, -0.25) is 4.79 Å². The molecular weight excluding hydrogens is 323 g/mol. The van der Waals surface area contributed by atoms with E-state index >= 15 is 0 Å². The molecule has 0 aromatic heterocycles. The number of ketones is 1. The largest absolute Gasteiger partial charge is 1.00 e. The molecular formula is C17H11NaO4S. The first kappa shape index (κ1) is 17.8. The maximum atomic E-state index is 12.6. The first-order chi connectivity index (χ1) is 10.5. The van der Waals surface area contributed by atoms with Gasteiger partial charge in [0.2, 0.25) is 0 Å². The van der Waals surface area contributed by atoms with Crippen molar-refractivity contribution in [2.45, 2.75) is 4.90 Å². The van der Waals surface area contributed by atoms with Crippen LogP contribution in [-0.2, 0) is 10.1 Å². The Kier molecular flexibility index (Phi) is 5.39. The van der Waals surface area contributed by atoms with Gasteiger partial charge >= 0.3 is 29.6 Å². The molecule has 0 unspecified atom stereocenters. The maximum Gasteiger partial charge on any atom is 1.00 e. The minimum Gasteiger partial charge on any atom is -0.744 e. The molecule has 0 saturated carbocycles. The molecule has 0 saturated heterocycles. The molecule has 0 bridgehead atoms. The standard InChI is InChI=1S/C17H12O4S.Na/c18-16(13-7-2-1-3-8-13)15-11-10-12-6-4-5-9-14(12)17(15)22(19,20)21;/h1-11H,(H,19,20,21);/q;+1/p-1. The zero-order valence-corrected chi connectivity index (χ0v) is 15.2. The fourth-order valence-corrected chi connectivity index (χ4v) is 3.32. The van der Waals surface area contributed by atoms with Crippen molar-refractivity contribution < 1.29 is 47.3 Å². The Hall–Kier alpha value is -1.50. The summed E-state index contributed by atoms with van der Waals surface area (Å²) in [7, 11) is -4.78. The Balaban J connectivity index is 0.00000192. The summed E-state index contributed by atoms with van der Waals surface area (Å²) < 4.78 is 35.1. The third-order valence-electron chi connectivity index (χ3n) is 3.41. The van der Waals surface area contributed by atoms with Gasteiger partial charge in [0.15, 0.2) is 5.78 Å². The third kappa shape index (κ3) is 3.54. The van der Waals surface area contributed by atoms with Crippen LogP contribution >= 0.6 is 0 Å². The number of hydrogen-bond acceptors (Lipinski definition) is 4. The number of carbonyl (C=O) groups is 1. The molecule has 0 N–H and O–H groups in total. The Morgan fingerprint density at radius 2 is 1.43 bits per heavy atom. The van der Waals surface area contributed by atoms with Crippen LogP contribution in [0.3, 0.4) is 0 Å². The molecule has 3 rings (SSSR count). The van der Waals surface area contributed by atoms with Crippen molar-refractivity contribution in [1.82, 2.24) is 0 Å². The topological polar surface area (TPSA) is 74.3 Å². The Bertz CT molecular complexity index is 966. The second-order valence-electron chi connectivity index (χ2n) is 4.81. The van der Waals surface area contributed by atoms with Crippen LogP contribution in [0, 0.1) is 0 Å². The fraction of sp³-hybridized carbons (Fsp3) is 0. The van der Waals surface area contributed by atoms with Crippen molar-refractivity contribution >= 4 is 26.7 Å². The molecule has 110 valence electrons. The molecule has 0 atom stereocenters. The van der Waals surface area contributed by atoms with Gasteiger partial charge in [-0.15, -0.1) is 0 Å². The molecule has 0 aliphatic rings. The molecule has 4 nitrogen and oxygen atoms in total. The Labute approximate surface area is 156 Å². The number of hydrogen-bond donors (Lipinski definition) is 0. The van der Waals surface area contributed by atoms with E-state index < -0.39 is 20.8 Å². The van der Waals surface area contributed by atoms with E-state index in [0.29, 0.717) is 10.9 Å². The molecule has 0 spiro atoms. The molecule has 3 aromatic rings. The van der Waals surface area contributed by atoms with Gasteiger partial charge in [0.1, 0.15) is 10.1 Å². The van der Waals surface area contributed by atoms with Gasteiger partial charge in [0.25, 0.3) is 0 Å². The van der Waals surface area contributed by atoms with Gasteiger partial charge < -0.3 is 4.55 Å². The van der Waals surface area contributed by atoms with E-state index in [1.807, 2.05) is 0 Å². The summed E-state index contributed by atoms with van der Waals surface area (Å²) in [5, 5.41) is 0.862. The van der Waals surface area contributed by atoms with Crippen molar-refractivity contribution in [3.63, 3.8) is 0 Å². The first-order valence-corrected chi connectivity index (χ1v) is 7.97. The van der Waals surface area contributed by atoms with E-state index in [1.54, 1.807) is 54.6 Å². The van der Waals surface area contributed by atoms with Crippen molar-refractivity contribution in [2.75, 3.05) is 0 Å². The molecule has 0 heterocycles. The molecule has 0 radical (unpaired) electrons. The SMILES string of the molecule is O=C(c1ccccc1)c1ccc2ccccc2c1S(=O)(=O)[O-].[Na+]. The van der Waals surface area contributed by atoms with Crippen LogP contribution in [0.1, 0.15) is 15.9 Å². The zero-order chi connectivity index (χ0) is 15.7. The molecule has 23 heavy (non-hydrogen) atoms. The van der Waals surface area contributed by atoms with Gasteiger partial charge in [0.05, 0.1) is 4.90 Å². The number of rotatable bonds is 3. The normalized spacial score (nSPS) is 11.0. The van der Waals surface area contributed by atoms with Gasteiger partial charge in [-0.25, -0.2) is 8.42 Å². The number of benzene rings is 3. The summed E-state index contributed by atoms with van der Waals surface area (Å²) in [6.07, 6.45) is 0. The molecule has 0 amide bonds. The molecule has 0 fully saturated rings. The van der Waals surface area contributed by atoms with Gasteiger partial charge in [-0.2, -0.15) is 0 Å². The van der Waals surface area contributed by atoms with Crippen LogP contribution < -0.4 is 29.6 Å². The summed E-state index contributed by atoms with van der Waals surface area (Å²) in [6.45, 7) is 0. The Morgan fingerprint density at radius 1 is 0.826 bits per heavy atom. The van der Waals surface area contributed by atoms with Gasteiger partial charge in [0, 0.05) is 11.1 Å². The van der Waals surface area contributed by atoms with Crippen LogP contribution in [-0.4, -0.2) is 18.8 Å². The average molecular weight is 334 g/mol. The average Bonchev–Trinajstić information content (AvgIpc) is 2.53. The van der Waals surface area contributed by atoms with Crippen LogP contribution in [0.5, 0.6) is 0 Å². The van der Waals surface area contributed by atoms with Crippen molar-refractivity contribution in [2.24, 2.45) is 0 Å². The summed E-state index contributed by atoms with van der Waals surface area (Å²) in [4.78, 5) is 12.1. The minimum absolute atomic E-state index is 0. The van der Waals surface area contributed by atoms with E-state index in [2.05, 4.69) is 0 Å². The fourth-order valence-electron chi connectivity index (χ4n) is 2.44. The molecule has 3 aromatic carbocycles. The zero-order valence-electron chi connectivity index (χ0n) is 12.4. The van der Waals surface area contributed by atoms with E-state index in [4.69, 9.17) is 0 Å². The number of carbonyl (C=O) groups excluding carboxylic acids is 1.